The van der Waals surface area contributed by atoms with E-state index >= 15 is 0 Å². The zero-order valence-electron chi connectivity index (χ0n) is 13.3. The van der Waals surface area contributed by atoms with Crippen LogP contribution in [-0.2, 0) is 0 Å². The second-order valence-corrected chi connectivity index (χ2v) is 5.83. The number of nitrogens with one attached hydrogen (secondary N) is 3. The number of hydrazine groups is 1. The SMILES string of the molecule is O=C(NNc1ncnc(Nc2ccc(Cl)cc2Cl)c1[N+](=O)[O-])c1ccco1. The van der Waals surface area contributed by atoms with E-state index in [-0.39, 0.29) is 22.4 Å². The molecule has 0 aliphatic heterocycles. The Hall–Kier alpha value is -3.37. The van der Waals surface area contributed by atoms with Crippen LogP contribution < -0.4 is 16.2 Å². The van der Waals surface area contributed by atoms with Crippen LogP contribution in [0.1, 0.15) is 10.6 Å². The van der Waals surface area contributed by atoms with Crippen LogP contribution in [0.15, 0.2) is 47.3 Å². The number of furan rings is 1. The van der Waals surface area contributed by atoms with Gasteiger partial charge in [0.2, 0.25) is 11.6 Å². The van der Waals surface area contributed by atoms with Gasteiger partial charge in [-0.2, -0.15) is 0 Å². The van der Waals surface area contributed by atoms with Crippen molar-refractivity contribution in [3.63, 3.8) is 0 Å². The van der Waals surface area contributed by atoms with Gasteiger partial charge in [-0.3, -0.25) is 25.8 Å². The van der Waals surface area contributed by atoms with Gasteiger partial charge in [0, 0.05) is 5.02 Å². The van der Waals surface area contributed by atoms with Gasteiger partial charge in [0.1, 0.15) is 6.33 Å². The zero-order valence-corrected chi connectivity index (χ0v) is 14.8. The maximum atomic E-state index is 11.9. The first-order chi connectivity index (χ1) is 13.0. The number of carbonyl (C=O) groups excluding carboxylic acids is 1. The van der Waals surface area contributed by atoms with E-state index < -0.39 is 16.5 Å². The summed E-state index contributed by atoms with van der Waals surface area (Å²) >= 11 is 11.9. The average molecular weight is 409 g/mol. The third-order valence-electron chi connectivity index (χ3n) is 3.23. The molecule has 0 saturated heterocycles. The fraction of sp³-hybridized carbons (Fsp3) is 0. The smallest absolute Gasteiger partial charge is 0.355 e. The second kappa shape index (κ2) is 7.89. The average Bonchev–Trinajstić information content (AvgIpc) is 3.16. The quantitative estimate of drug-likeness (QED) is 0.413. The number of carbonyl (C=O) groups is 1. The summed E-state index contributed by atoms with van der Waals surface area (Å²) in [5.74, 6) is -0.981. The van der Waals surface area contributed by atoms with Crippen molar-refractivity contribution in [1.82, 2.24) is 15.4 Å². The number of aromatic nitrogens is 2. The standard InChI is InChI=1S/C15H10Cl2N6O4/c16-8-3-4-10(9(17)6-8)20-13-12(23(25)26)14(19-7-18-13)21-22-15(24)11-2-1-5-27-11/h1-7H,(H,22,24)(H2,18,19,20,21). The van der Waals surface area contributed by atoms with Crippen LogP contribution in [0.5, 0.6) is 0 Å². The summed E-state index contributed by atoms with van der Waals surface area (Å²) in [6.45, 7) is 0. The normalized spacial score (nSPS) is 10.3. The molecule has 2 aromatic heterocycles. The Balaban J connectivity index is 1.86. The van der Waals surface area contributed by atoms with E-state index in [9.17, 15) is 14.9 Å². The highest BCUT2D eigenvalue weighted by Crippen LogP contribution is 2.34. The third-order valence-corrected chi connectivity index (χ3v) is 3.78. The first-order valence-corrected chi connectivity index (χ1v) is 8.02. The van der Waals surface area contributed by atoms with E-state index in [4.69, 9.17) is 27.6 Å². The monoisotopic (exact) mass is 408 g/mol. The van der Waals surface area contributed by atoms with Crippen LogP contribution in [0.4, 0.5) is 23.0 Å². The van der Waals surface area contributed by atoms with Gasteiger partial charge in [-0.25, -0.2) is 9.97 Å². The molecule has 3 rings (SSSR count). The molecular weight excluding hydrogens is 399 g/mol. The Morgan fingerprint density at radius 2 is 1.96 bits per heavy atom. The third kappa shape index (κ3) is 4.25. The maximum Gasteiger partial charge on any atom is 0.355 e. The van der Waals surface area contributed by atoms with Gasteiger partial charge in [0.15, 0.2) is 5.76 Å². The Bertz CT molecular complexity index is 996. The van der Waals surface area contributed by atoms with Crippen molar-refractivity contribution in [3.8, 4) is 0 Å². The number of nitrogens with zero attached hydrogens (tertiary/aromatic N) is 3. The summed E-state index contributed by atoms with van der Waals surface area (Å²) in [4.78, 5) is 30.3. The van der Waals surface area contributed by atoms with Crippen molar-refractivity contribution in [3.05, 3.63) is 68.8 Å². The van der Waals surface area contributed by atoms with Crippen LogP contribution in [0.25, 0.3) is 0 Å². The Morgan fingerprint density at radius 1 is 1.19 bits per heavy atom. The van der Waals surface area contributed by atoms with Crippen LogP contribution >= 0.6 is 23.2 Å². The molecule has 0 unspecified atom stereocenters. The van der Waals surface area contributed by atoms with Crippen LogP contribution in [0, 0.1) is 10.1 Å². The number of nitro groups is 1. The lowest BCUT2D eigenvalue weighted by atomic mass is 10.3. The van der Waals surface area contributed by atoms with Gasteiger partial charge in [-0.15, -0.1) is 0 Å². The second-order valence-electron chi connectivity index (χ2n) is 4.98. The molecule has 3 aromatic rings. The highest BCUT2D eigenvalue weighted by Gasteiger charge is 2.24. The summed E-state index contributed by atoms with van der Waals surface area (Å²) in [7, 11) is 0. The van der Waals surface area contributed by atoms with Crippen molar-refractivity contribution in [2.45, 2.75) is 0 Å². The number of hydrogen-bond donors (Lipinski definition) is 3. The minimum absolute atomic E-state index is 0.0190. The largest absolute Gasteiger partial charge is 0.459 e. The maximum absolute atomic E-state index is 11.9. The number of amides is 1. The van der Waals surface area contributed by atoms with Crippen molar-refractivity contribution in [2.75, 3.05) is 10.7 Å². The minimum Gasteiger partial charge on any atom is -0.459 e. The van der Waals surface area contributed by atoms with E-state index in [1.807, 2.05) is 0 Å². The van der Waals surface area contributed by atoms with E-state index in [0.717, 1.165) is 6.33 Å². The summed E-state index contributed by atoms with van der Waals surface area (Å²) in [5, 5.41) is 14.9. The molecule has 10 nitrogen and oxygen atoms in total. The van der Waals surface area contributed by atoms with Crippen LogP contribution in [0.3, 0.4) is 0 Å². The Labute approximate surface area is 161 Å². The lowest BCUT2D eigenvalue weighted by Gasteiger charge is -2.11. The summed E-state index contributed by atoms with van der Waals surface area (Å²) in [6, 6.07) is 7.54. The molecule has 0 atom stereocenters. The Morgan fingerprint density at radius 3 is 2.63 bits per heavy atom. The van der Waals surface area contributed by atoms with Gasteiger partial charge >= 0.3 is 11.6 Å². The molecule has 1 amide bonds. The first-order valence-electron chi connectivity index (χ1n) is 7.27. The van der Waals surface area contributed by atoms with E-state index in [1.165, 1.54) is 24.5 Å². The summed E-state index contributed by atoms with van der Waals surface area (Å²) in [6.07, 6.45) is 2.40. The van der Waals surface area contributed by atoms with E-state index in [0.29, 0.717) is 10.7 Å². The molecular formula is C15H10Cl2N6O4. The van der Waals surface area contributed by atoms with Crippen molar-refractivity contribution in [1.29, 1.82) is 0 Å². The molecule has 0 radical (unpaired) electrons. The minimum atomic E-state index is -0.701. The summed E-state index contributed by atoms with van der Waals surface area (Å²) < 4.78 is 4.93. The molecule has 2 heterocycles. The molecule has 27 heavy (non-hydrogen) atoms. The number of halogens is 2. The lowest BCUT2D eigenvalue weighted by Crippen LogP contribution is -2.30. The molecule has 0 spiro atoms. The van der Waals surface area contributed by atoms with Crippen molar-refractivity contribution < 1.29 is 14.1 Å². The van der Waals surface area contributed by atoms with Gasteiger partial charge < -0.3 is 9.73 Å². The predicted octanol–water partition coefficient (Wildman–Crippen LogP) is 3.79. The van der Waals surface area contributed by atoms with Gasteiger partial charge in [-0.1, -0.05) is 23.2 Å². The molecule has 0 aliphatic rings. The fourth-order valence-electron chi connectivity index (χ4n) is 2.04. The van der Waals surface area contributed by atoms with Crippen LogP contribution in [-0.4, -0.2) is 20.8 Å². The molecule has 0 bridgehead atoms. The molecule has 0 saturated carbocycles. The predicted molar refractivity (Wildman–Crippen MR) is 98.2 cm³/mol. The lowest BCUT2D eigenvalue weighted by molar-refractivity contribution is -0.383. The number of hydrogen-bond acceptors (Lipinski definition) is 8. The zero-order chi connectivity index (χ0) is 19.4. The van der Waals surface area contributed by atoms with Crippen molar-refractivity contribution in [2.24, 2.45) is 0 Å². The fourth-order valence-corrected chi connectivity index (χ4v) is 2.49. The number of rotatable bonds is 6. The van der Waals surface area contributed by atoms with Crippen molar-refractivity contribution >= 4 is 52.1 Å². The first kappa shape index (κ1) is 18.4. The molecule has 1 aromatic carbocycles. The number of anilines is 3. The van der Waals surface area contributed by atoms with E-state index in [2.05, 4.69) is 26.1 Å². The number of benzene rings is 1. The molecule has 0 aliphatic carbocycles. The van der Waals surface area contributed by atoms with Gasteiger partial charge in [0.25, 0.3) is 0 Å². The highest BCUT2D eigenvalue weighted by atomic mass is 35.5. The van der Waals surface area contributed by atoms with Gasteiger partial charge in [-0.05, 0) is 30.3 Å². The molecule has 3 N–H and O–H groups in total. The molecule has 138 valence electrons. The van der Waals surface area contributed by atoms with Gasteiger partial charge in [0.05, 0.1) is 21.9 Å². The summed E-state index contributed by atoms with van der Waals surface area (Å²) in [5.41, 5.74) is 4.50. The Kier molecular flexibility index (Phi) is 5.38. The molecule has 0 fully saturated rings. The highest BCUT2D eigenvalue weighted by molar-refractivity contribution is 6.36. The van der Waals surface area contributed by atoms with Crippen LogP contribution in [0.2, 0.25) is 10.0 Å². The topological polar surface area (TPSA) is 135 Å². The van der Waals surface area contributed by atoms with E-state index in [1.54, 1.807) is 12.1 Å². The molecule has 12 heteroatoms.